The Balaban J connectivity index is 1.75. The lowest BCUT2D eigenvalue weighted by Crippen LogP contribution is -2.40. The molecule has 1 saturated heterocycles. The highest BCUT2D eigenvalue weighted by Crippen LogP contribution is 2.40. The summed E-state index contributed by atoms with van der Waals surface area (Å²) in [5, 5.41) is 3.73. The van der Waals surface area contributed by atoms with E-state index in [2.05, 4.69) is 46.2 Å². The topological polar surface area (TPSA) is 15.3 Å². The minimum Gasteiger partial charge on any atom is -0.314 e. The molecule has 2 fully saturated rings. The number of hydrogen-bond acceptors (Lipinski definition) is 3. The van der Waals surface area contributed by atoms with Crippen LogP contribution in [0.15, 0.2) is 10.5 Å². The maximum absolute atomic E-state index is 3.73. The predicted molar refractivity (Wildman–Crippen MR) is 85.9 cm³/mol. The molecule has 0 bridgehead atoms. The van der Waals surface area contributed by atoms with Crippen molar-refractivity contribution >= 4 is 27.3 Å². The van der Waals surface area contributed by atoms with Crippen molar-refractivity contribution in [3.8, 4) is 0 Å². The van der Waals surface area contributed by atoms with Gasteiger partial charge < -0.3 is 5.32 Å². The van der Waals surface area contributed by atoms with Crippen LogP contribution in [0.1, 0.15) is 41.5 Å². The third-order valence-corrected chi connectivity index (χ3v) is 6.63. The van der Waals surface area contributed by atoms with Gasteiger partial charge in [-0.1, -0.05) is 0 Å². The van der Waals surface area contributed by atoms with E-state index in [1.54, 1.807) is 0 Å². The first kappa shape index (κ1) is 14.1. The van der Waals surface area contributed by atoms with Crippen LogP contribution in [0.4, 0.5) is 0 Å². The zero-order valence-electron chi connectivity index (χ0n) is 11.8. The van der Waals surface area contributed by atoms with Crippen LogP contribution in [0.25, 0.3) is 0 Å². The summed E-state index contributed by atoms with van der Waals surface area (Å²) < 4.78 is 1.28. The highest BCUT2D eigenvalue weighted by atomic mass is 79.9. The molecule has 0 aromatic carbocycles. The Morgan fingerprint density at radius 3 is 2.84 bits per heavy atom. The Labute approximate surface area is 128 Å². The molecule has 1 saturated carbocycles. The standard InChI is InChI=1S/C15H23BrN2S/c1-10-13(16)8-14(19-10)15-11(4-3-7-18(15)2)9-17-12-5-6-12/h8,11-12,15,17H,3-7,9H2,1-2H3. The van der Waals surface area contributed by atoms with Crippen LogP contribution in [0, 0.1) is 12.8 Å². The van der Waals surface area contributed by atoms with Gasteiger partial charge in [-0.15, -0.1) is 11.3 Å². The van der Waals surface area contributed by atoms with Crippen molar-refractivity contribution in [3.63, 3.8) is 0 Å². The average Bonchev–Trinajstić information content (AvgIpc) is 3.14. The summed E-state index contributed by atoms with van der Waals surface area (Å²) in [6.45, 7) is 4.63. The van der Waals surface area contributed by atoms with Gasteiger partial charge in [0.1, 0.15) is 0 Å². The summed E-state index contributed by atoms with van der Waals surface area (Å²) in [6, 6.07) is 3.77. The molecule has 2 aliphatic rings. The number of piperidine rings is 1. The van der Waals surface area contributed by atoms with Crippen LogP contribution in [0.3, 0.4) is 0 Å². The highest BCUT2D eigenvalue weighted by molar-refractivity contribution is 9.10. The molecule has 0 amide bonds. The minimum atomic E-state index is 0.606. The number of nitrogens with zero attached hydrogens (tertiary/aromatic N) is 1. The van der Waals surface area contributed by atoms with E-state index in [1.807, 2.05) is 11.3 Å². The largest absolute Gasteiger partial charge is 0.314 e. The van der Waals surface area contributed by atoms with E-state index in [9.17, 15) is 0 Å². The molecule has 1 aromatic rings. The SMILES string of the molecule is Cc1sc(C2C(CNC3CC3)CCCN2C)cc1Br. The van der Waals surface area contributed by atoms with Crippen molar-refractivity contribution in [1.82, 2.24) is 10.2 Å². The van der Waals surface area contributed by atoms with Gasteiger partial charge in [-0.05, 0) is 74.1 Å². The molecular weight excluding hydrogens is 320 g/mol. The number of thiophene rings is 1. The Morgan fingerprint density at radius 1 is 1.42 bits per heavy atom. The summed E-state index contributed by atoms with van der Waals surface area (Å²) in [6.07, 6.45) is 5.48. The van der Waals surface area contributed by atoms with Gasteiger partial charge in [-0.2, -0.15) is 0 Å². The second-order valence-corrected chi connectivity index (χ2v) is 8.21. The van der Waals surface area contributed by atoms with E-state index in [1.165, 1.54) is 53.0 Å². The van der Waals surface area contributed by atoms with E-state index in [-0.39, 0.29) is 0 Å². The maximum atomic E-state index is 3.73. The molecule has 2 unspecified atom stereocenters. The van der Waals surface area contributed by atoms with Gasteiger partial charge in [0, 0.05) is 32.9 Å². The zero-order chi connectivity index (χ0) is 13.4. The number of hydrogen-bond donors (Lipinski definition) is 1. The number of halogens is 1. The minimum absolute atomic E-state index is 0.606. The summed E-state index contributed by atoms with van der Waals surface area (Å²) in [4.78, 5) is 5.50. The molecule has 2 nitrogen and oxygen atoms in total. The first-order valence-electron chi connectivity index (χ1n) is 7.34. The zero-order valence-corrected chi connectivity index (χ0v) is 14.2. The van der Waals surface area contributed by atoms with Gasteiger partial charge in [0.25, 0.3) is 0 Å². The fourth-order valence-corrected chi connectivity index (χ4v) is 4.98. The highest BCUT2D eigenvalue weighted by Gasteiger charge is 2.33. The van der Waals surface area contributed by atoms with E-state index in [0.717, 1.165) is 12.0 Å². The number of rotatable bonds is 4. The molecular formula is C15H23BrN2S. The average molecular weight is 343 g/mol. The number of aryl methyl sites for hydroxylation is 1. The van der Waals surface area contributed by atoms with Crippen molar-refractivity contribution in [1.29, 1.82) is 0 Å². The maximum Gasteiger partial charge on any atom is 0.0479 e. The lowest BCUT2D eigenvalue weighted by atomic mass is 9.88. The van der Waals surface area contributed by atoms with Crippen LogP contribution < -0.4 is 5.32 Å². The lowest BCUT2D eigenvalue weighted by molar-refractivity contribution is 0.122. The summed E-state index contributed by atoms with van der Waals surface area (Å²) in [7, 11) is 2.29. The van der Waals surface area contributed by atoms with Gasteiger partial charge in [-0.25, -0.2) is 0 Å². The molecule has 1 aliphatic carbocycles. The Kier molecular flexibility index (Phi) is 4.32. The van der Waals surface area contributed by atoms with Crippen LogP contribution in [-0.2, 0) is 0 Å². The molecule has 19 heavy (non-hydrogen) atoms. The Morgan fingerprint density at radius 2 is 2.21 bits per heavy atom. The Bertz CT molecular complexity index is 422. The van der Waals surface area contributed by atoms with Crippen molar-refractivity contribution < 1.29 is 0 Å². The number of nitrogens with one attached hydrogen (secondary N) is 1. The van der Waals surface area contributed by atoms with Gasteiger partial charge >= 0.3 is 0 Å². The van der Waals surface area contributed by atoms with Crippen LogP contribution >= 0.6 is 27.3 Å². The molecule has 1 aromatic heterocycles. The van der Waals surface area contributed by atoms with Crippen molar-refractivity contribution in [2.24, 2.45) is 5.92 Å². The third kappa shape index (κ3) is 3.23. The number of likely N-dealkylation sites (tertiary alicyclic amines) is 1. The van der Waals surface area contributed by atoms with E-state index in [4.69, 9.17) is 0 Å². The van der Waals surface area contributed by atoms with Crippen LogP contribution in [0.5, 0.6) is 0 Å². The molecule has 3 rings (SSSR count). The van der Waals surface area contributed by atoms with Crippen molar-refractivity contribution in [2.75, 3.05) is 20.1 Å². The van der Waals surface area contributed by atoms with Crippen molar-refractivity contribution in [3.05, 3.63) is 20.3 Å². The Hall–Kier alpha value is 0.100. The summed E-state index contributed by atoms with van der Waals surface area (Å²) >= 11 is 5.63. The lowest BCUT2D eigenvalue weighted by Gasteiger charge is -2.39. The molecule has 4 heteroatoms. The second-order valence-electron chi connectivity index (χ2n) is 6.06. The predicted octanol–water partition coefficient (Wildman–Crippen LogP) is 3.95. The molecule has 1 aliphatic heterocycles. The summed E-state index contributed by atoms with van der Waals surface area (Å²) in [5.74, 6) is 0.768. The van der Waals surface area contributed by atoms with Crippen LogP contribution in [-0.4, -0.2) is 31.1 Å². The molecule has 2 heterocycles. The van der Waals surface area contributed by atoms with Gasteiger partial charge in [-0.3, -0.25) is 4.90 Å². The van der Waals surface area contributed by atoms with E-state index >= 15 is 0 Å². The van der Waals surface area contributed by atoms with Crippen LogP contribution in [0.2, 0.25) is 0 Å². The molecule has 0 spiro atoms. The fourth-order valence-electron chi connectivity index (χ4n) is 3.16. The van der Waals surface area contributed by atoms with Gasteiger partial charge in [0.2, 0.25) is 0 Å². The molecule has 2 atom stereocenters. The molecule has 0 radical (unpaired) electrons. The molecule has 1 N–H and O–H groups in total. The van der Waals surface area contributed by atoms with E-state index < -0.39 is 0 Å². The van der Waals surface area contributed by atoms with E-state index in [0.29, 0.717) is 6.04 Å². The van der Waals surface area contributed by atoms with Gasteiger partial charge in [0.05, 0.1) is 0 Å². The normalized spacial score (nSPS) is 28.8. The second kappa shape index (κ2) is 5.84. The third-order valence-electron chi connectivity index (χ3n) is 4.42. The van der Waals surface area contributed by atoms with Crippen molar-refractivity contribution in [2.45, 2.75) is 44.7 Å². The monoisotopic (exact) mass is 342 g/mol. The quantitative estimate of drug-likeness (QED) is 0.890. The molecule has 106 valence electrons. The first-order valence-corrected chi connectivity index (χ1v) is 8.95. The fraction of sp³-hybridized carbons (Fsp3) is 0.733. The van der Waals surface area contributed by atoms with Gasteiger partial charge in [0.15, 0.2) is 0 Å². The smallest absolute Gasteiger partial charge is 0.0479 e. The first-order chi connectivity index (χ1) is 9.15. The summed E-state index contributed by atoms with van der Waals surface area (Å²) in [5.41, 5.74) is 0.